The molecule has 1 heterocycles. The molecule has 20 heavy (non-hydrogen) atoms. The van der Waals surface area contributed by atoms with Crippen molar-refractivity contribution in [2.45, 2.75) is 25.4 Å². The fourth-order valence-electron chi connectivity index (χ4n) is 2.35. The van der Waals surface area contributed by atoms with Crippen LogP contribution in [0.15, 0.2) is 18.2 Å². The molecule has 0 radical (unpaired) electrons. The van der Waals surface area contributed by atoms with E-state index in [0.29, 0.717) is 12.6 Å². The Bertz CT molecular complexity index is 541. The Labute approximate surface area is 116 Å². The molecule has 2 fully saturated rings. The number of imide groups is 1. The number of halogens is 1. The fourth-order valence-corrected chi connectivity index (χ4v) is 2.35. The number of rotatable bonds is 4. The third-order valence-electron chi connectivity index (χ3n) is 3.49. The Morgan fingerprint density at radius 2 is 1.95 bits per heavy atom. The first-order valence-corrected chi connectivity index (χ1v) is 6.71. The van der Waals surface area contributed by atoms with Crippen LogP contribution in [0.1, 0.15) is 18.4 Å². The molecule has 0 bridgehead atoms. The van der Waals surface area contributed by atoms with Gasteiger partial charge >= 0.3 is 0 Å². The zero-order chi connectivity index (χ0) is 14.1. The molecule has 1 saturated heterocycles. The quantitative estimate of drug-likeness (QED) is 0.789. The molecule has 2 N–H and O–H groups in total. The summed E-state index contributed by atoms with van der Waals surface area (Å²) in [6.45, 7) is 0.783. The number of anilines is 1. The minimum atomic E-state index is -0.327. The van der Waals surface area contributed by atoms with Crippen LogP contribution >= 0.6 is 0 Å². The van der Waals surface area contributed by atoms with E-state index < -0.39 is 0 Å². The van der Waals surface area contributed by atoms with Crippen LogP contribution in [0.5, 0.6) is 0 Å². The average molecular weight is 277 g/mol. The van der Waals surface area contributed by atoms with Gasteiger partial charge in [-0.15, -0.1) is 0 Å². The van der Waals surface area contributed by atoms with Crippen LogP contribution in [-0.4, -0.2) is 30.9 Å². The predicted octanol–water partition coefficient (Wildman–Crippen LogP) is 0.540. The molecule has 106 valence electrons. The Hall–Kier alpha value is -1.95. The first kappa shape index (κ1) is 13.1. The highest BCUT2D eigenvalue weighted by atomic mass is 19.1. The van der Waals surface area contributed by atoms with Crippen LogP contribution in [-0.2, 0) is 16.1 Å². The van der Waals surface area contributed by atoms with Gasteiger partial charge in [-0.1, -0.05) is 0 Å². The lowest BCUT2D eigenvalue weighted by Crippen LogP contribution is -2.51. The van der Waals surface area contributed by atoms with Crippen LogP contribution < -0.4 is 15.5 Å². The molecular weight excluding hydrogens is 261 g/mol. The molecule has 0 unspecified atom stereocenters. The summed E-state index contributed by atoms with van der Waals surface area (Å²) in [6.07, 6.45) is 2.30. The second-order valence-electron chi connectivity index (χ2n) is 5.26. The minimum Gasteiger partial charge on any atom is -0.353 e. The van der Waals surface area contributed by atoms with Crippen molar-refractivity contribution in [1.82, 2.24) is 10.6 Å². The molecule has 1 aromatic rings. The lowest BCUT2D eigenvalue weighted by atomic mass is 10.1. The SMILES string of the molecule is O=C1CN(c2ccc(F)cc2CNC2CC2)CC(=O)N1. The summed E-state index contributed by atoms with van der Waals surface area (Å²) in [5.74, 6) is -0.965. The molecule has 3 rings (SSSR count). The fraction of sp³-hybridized carbons (Fsp3) is 0.429. The van der Waals surface area contributed by atoms with Gasteiger partial charge in [0.2, 0.25) is 11.8 Å². The summed E-state index contributed by atoms with van der Waals surface area (Å²) in [5, 5.41) is 5.58. The summed E-state index contributed by atoms with van der Waals surface area (Å²) in [4.78, 5) is 24.6. The maximum atomic E-state index is 13.4. The minimum absolute atomic E-state index is 0.119. The van der Waals surface area contributed by atoms with Crippen molar-refractivity contribution >= 4 is 17.5 Å². The van der Waals surface area contributed by atoms with Gasteiger partial charge in [-0.3, -0.25) is 14.9 Å². The molecule has 6 heteroatoms. The van der Waals surface area contributed by atoms with Gasteiger partial charge in [0.05, 0.1) is 13.1 Å². The van der Waals surface area contributed by atoms with Crippen molar-refractivity contribution in [3.8, 4) is 0 Å². The Kier molecular flexibility index (Phi) is 3.40. The summed E-state index contributed by atoms with van der Waals surface area (Å²) in [6, 6.07) is 4.96. The van der Waals surface area contributed by atoms with E-state index in [-0.39, 0.29) is 30.7 Å². The maximum Gasteiger partial charge on any atom is 0.246 e. The van der Waals surface area contributed by atoms with Gasteiger partial charge in [-0.2, -0.15) is 0 Å². The molecule has 0 aromatic heterocycles. The van der Waals surface area contributed by atoms with Gasteiger partial charge in [0.1, 0.15) is 5.82 Å². The smallest absolute Gasteiger partial charge is 0.246 e. The summed E-state index contributed by atoms with van der Waals surface area (Å²) in [7, 11) is 0. The van der Waals surface area contributed by atoms with Gasteiger partial charge < -0.3 is 10.2 Å². The summed E-state index contributed by atoms with van der Waals surface area (Å²) < 4.78 is 13.4. The van der Waals surface area contributed by atoms with Crippen molar-refractivity contribution < 1.29 is 14.0 Å². The molecule has 2 amide bonds. The average Bonchev–Trinajstić information content (AvgIpc) is 3.19. The summed E-state index contributed by atoms with van der Waals surface area (Å²) in [5.41, 5.74) is 1.52. The van der Waals surface area contributed by atoms with E-state index in [1.165, 1.54) is 12.1 Å². The number of hydrogen-bond donors (Lipinski definition) is 2. The predicted molar refractivity (Wildman–Crippen MR) is 71.6 cm³/mol. The van der Waals surface area contributed by atoms with Crippen LogP contribution in [0, 0.1) is 5.82 Å². The van der Waals surface area contributed by atoms with Gasteiger partial charge in [0.25, 0.3) is 0 Å². The number of hydrogen-bond acceptors (Lipinski definition) is 4. The van der Waals surface area contributed by atoms with E-state index in [1.807, 2.05) is 0 Å². The number of amides is 2. The van der Waals surface area contributed by atoms with Crippen LogP contribution in [0.2, 0.25) is 0 Å². The molecule has 5 nitrogen and oxygen atoms in total. The van der Waals surface area contributed by atoms with E-state index in [1.54, 1.807) is 11.0 Å². The van der Waals surface area contributed by atoms with Gasteiger partial charge in [0, 0.05) is 18.3 Å². The van der Waals surface area contributed by atoms with Crippen molar-refractivity contribution in [3.05, 3.63) is 29.6 Å². The standard InChI is InChI=1S/C14H16FN3O2/c15-10-1-4-12(9(5-10)6-16-11-2-3-11)18-7-13(19)17-14(20)8-18/h1,4-5,11,16H,2-3,6-8H2,(H,17,19,20). The summed E-state index contributed by atoms with van der Waals surface area (Å²) >= 11 is 0. The van der Waals surface area contributed by atoms with Gasteiger partial charge in [0.15, 0.2) is 0 Å². The van der Waals surface area contributed by atoms with E-state index >= 15 is 0 Å². The molecule has 0 atom stereocenters. The topological polar surface area (TPSA) is 61.4 Å². The number of piperazine rings is 1. The molecule has 1 aliphatic heterocycles. The van der Waals surface area contributed by atoms with Crippen LogP contribution in [0.3, 0.4) is 0 Å². The lowest BCUT2D eigenvalue weighted by Gasteiger charge is -2.29. The Balaban J connectivity index is 1.82. The third kappa shape index (κ3) is 2.96. The second-order valence-corrected chi connectivity index (χ2v) is 5.26. The van der Waals surface area contributed by atoms with Crippen molar-refractivity contribution in [2.75, 3.05) is 18.0 Å². The highest BCUT2D eigenvalue weighted by molar-refractivity contribution is 6.02. The number of carbonyl (C=O) groups excluding carboxylic acids is 2. The molecule has 1 aliphatic carbocycles. The molecule has 2 aliphatic rings. The van der Waals surface area contributed by atoms with Crippen LogP contribution in [0.4, 0.5) is 10.1 Å². The number of nitrogens with zero attached hydrogens (tertiary/aromatic N) is 1. The highest BCUT2D eigenvalue weighted by Crippen LogP contribution is 2.25. The monoisotopic (exact) mass is 277 g/mol. The third-order valence-corrected chi connectivity index (χ3v) is 3.49. The van der Waals surface area contributed by atoms with Crippen LogP contribution in [0.25, 0.3) is 0 Å². The number of nitrogens with one attached hydrogen (secondary N) is 2. The van der Waals surface area contributed by atoms with Crippen molar-refractivity contribution in [3.63, 3.8) is 0 Å². The van der Waals surface area contributed by atoms with Crippen molar-refractivity contribution in [1.29, 1.82) is 0 Å². The zero-order valence-electron chi connectivity index (χ0n) is 11.0. The van der Waals surface area contributed by atoms with E-state index in [0.717, 1.165) is 24.1 Å². The number of carbonyl (C=O) groups is 2. The van der Waals surface area contributed by atoms with E-state index in [2.05, 4.69) is 10.6 Å². The normalized spacial score (nSPS) is 19.1. The number of benzene rings is 1. The second kappa shape index (κ2) is 5.20. The molecular formula is C14H16FN3O2. The highest BCUT2D eigenvalue weighted by Gasteiger charge is 2.25. The maximum absolute atomic E-state index is 13.4. The van der Waals surface area contributed by atoms with E-state index in [4.69, 9.17) is 0 Å². The van der Waals surface area contributed by atoms with Gasteiger partial charge in [-0.25, -0.2) is 4.39 Å². The van der Waals surface area contributed by atoms with Gasteiger partial charge in [-0.05, 0) is 36.6 Å². The zero-order valence-corrected chi connectivity index (χ0v) is 11.0. The van der Waals surface area contributed by atoms with Crippen molar-refractivity contribution in [2.24, 2.45) is 0 Å². The lowest BCUT2D eigenvalue weighted by molar-refractivity contribution is -0.130. The Morgan fingerprint density at radius 3 is 2.60 bits per heavy atom. The largest absolute Gasteiger partial charge is 0.353 e. The molecule has 1 aromatic carbocycles. The molecule has 1 saturated carbocycles. The van der Waals surface area contributed by atoms with E-state index in [9.17, 15) is 14.0 Å². The molecule has 0 spiro atoms. The first-order chi connectivity index (χ1) is 9.61. The first-order valence-electron chi connectivity index (χ1n) is 6.71. The Morgan fingerprint density at radius 1 is 1.25 bits per heavy atom.